The van der Waals surface area contributed by atoms with Crippen LogP contribution in [0.15, 0.2) is 29.2 Å². The summed E-state index contributed by atoms with van der Waals surface area (Å²) in [5, 5.41) is 3.02. The maximum atomic E-state index is 12.6. The summed E-state index contributed by atoms with van der Waals surface area (Å²) in [5.74, 6) is 0.171. The predicted molar refractivity (Wildman–Crippen MR) is 104 cm³/mol. The van der Waals surface area contributed by atoms with Gasteiger partial charge >= 0.3 is 0 Å². The van der Waals surface area contributed by atoms with Gasteiger partial charge in [0.05, 0.1) is 4.90 Å². The van der Waals surface area contributed by atoms with E-state index in [0.717, 1.165) is 19.3 Å². The molecule has 0 aliphatic heterocycles. The molecule has 7 nitrogen and oxygen atoms in total. The molecular weight excluding hydrogens is 366 g/mol. The summed E-state index contributed by atoms with van der Waals surface area (Å²) in [6.07, 6.45) is 3.79. The van der Waals surface area contributed by atoms with Crippen molar-refractivity contribution >= 4 is 21.7 Å². The summed E-state index contributed by atoms with van der Waals surface area (Å²) in [7, 11) is -2.15. The first kappa shape index (κ1) is 21.5. The maximum Gasteiger partial charge on any atom is 0.242 e. The van der Waals surface area contributed by atoms with Crippen LogP contribution in [0.3, 0.4) is 0 Å². The number of carbonyl (C=O) groups is 2. The first-order chi connectivity index (χ1) is 12.8. The van der Waals surface area contributed by atoms with Crippen molar-refractivity contribution in [3.05, 3.63) is 29.8 Å². The molecule has 1 aliphatic rings. The Morgan fingerprint density at radius 2 is 1.89 bits per heavy atom. The van der Waals surface area contributed by atoms with E-state index in [1.54, 1.807) is 0 Å². The van der Waals surface area contributed by atoms with Crippen LogP contribution >= 0.6 is 0 Å². The lowest BCUT2D eigenvalue weighted by Gasteiger charge is -2.20. The van der Waals surface area contributed by atoms with Gasteiger partial charge in [0, 0.05) is 31.6 Å². The highest BCUT2D eigenvalue weighted by Gasteiger charge is 2.27. The summed E-state index contributed by atoms with van der Waals surface area (Å²) in [6.45, 7) is 2.26. The van der Waals surface area contributed by atoms with Crippen molar-refractivity contribution in [2.24, 2.45) is 11.7 Å². The zero-order valence-corrected chi connectivity index (χ0v) is 16.8. The van der Waals surface area contributed by atoms with Gasteiger partial charge in [-0.15, -0.1) is 0 Å². The second-order valence-electron chi connectivity index (χ2n) is 7.11. The Bertz CT molecular complexity index is 762. The highest BCUT2D eigenvalue weighted by molar-refractivity contribution is 7.89. The number of nitrogens with one attached hydrogen (secondary N) is 1. The largest absolute Gasteiger partial charge is 0.353 e. The van der Waals surface area contributed by atoms with Crippen molar-refractivity contribution in [2.45, 2.75) is 50.0 Å². The maximum absolute atomic E-state index is 12.6. The molecule has 1 aliphatic carbocycles. The molecule has 0 bridgehead atoms. The Balaban J connectivity index is 1.84. The highest BCUT2D eigenvalue weighted by atomic mass is 32.2. The first-order valence-electron chi connectivity index (χ1n) is 9.32. The fourth-order valence-electron chi connectivity index (χ4n) is 3.41. The highest BCUT2D eigenvalue weighted by Crippen LogP contribution is 2.24. The molecule has 1 fully saturated rings. The van der Waals surface area contributed by atoms with E-state index in [1.807, 2.05) is 0 Å². The zero-order chi connectivity index (χ0) is 20.0. The molecule has 1 aromatic carbocycles. The number of hydrogen-bond acceptors (Lipinski definition) is 5. The number of rotatable bonds is 9. The van der Waals surface area contributed by atoms with E-state index in [-0.39, 0.29) is 35.6 Å². The third kappa shape index (κ3) is 5.60. The van der Waals surface area contributed by atoms with Crippen LogP contribution < -0.4 is 11.1 Å². The Morgan fingerprint density at radius 3 is 2.48 bits per heavy atom. The van der Waals surface area contributed by atoms with Gasteiger partial charge in [-0.3, -0.25) is 9.59 Å². The van der Waals surface area contributed by atoms with Gasteiger partial charge in [-0.25, -0.2) is 12.7 Å². The van der Waals surface area contributed by atoms with Crippen LogP contribution in [0.2, 0.25) is 0 Å². The zero-order valence-electron chi connectivity index (χ0n) is 16.0. The number of amides is 1. The number of hydrogen-bond donors (Lipinski definition) is 2. The van der Waals surface area contributed by atoms with Crippen molar-refractivity contribution < 1.29 is 18.0 Å². The van der Waals surface area contributed by atoms with E-state index in [9.17, 15) is 18.0 Å². The third-order valence-electron chi connectivity index (χ3n) is 5.15. The van der Waals surface area contributed by atoms with Crippen molar-refractivity contribution in [1.82, 2.24) is 9.62 Å². The Morgan fingerprint density at radius 1 is 1.22 bits per heavy atom. The van der Waals surface area contributed by atoms with Crippen molar-refractivity contribution in [2.75, 3.05) is 20.1 Å². The molecule has 8 heteroatoms. The Hall–Kier alpha value is -1.77. The summed E-state index contributed by atoms with van der Waals surface area (Å²) in [6, 6.07) is 6.02. The SMILES string of the molecule is CC(=O)c1ccc(S(=O)(=O)N(C)CCCC(=O)NC2CCCC2CN)cc1. The van der Waals surface area contributed by atoms with Crippen LogP contribution in [-0.2, 0) is 14.8 Å². The van der Waals surface area contributed by atoms with E-state index >= 15 is 0 Å². The smallest absolute Gasteiger partial charge is 0.242 e. The standard InChI is InChI=1S/C19H29N3O4S/c1-14(23)15-8-10-17(11-9-15)27(25,26)22(2)12-4-7-19(24)21-18-6-3-5-16(18)13-20/h8-11,16,18H,3-7,12-13,20H2,1-2H3,(H,21,24). The van der Waals surface area contributed by atoms with Gasteiger partial charge in [0.25, 0.3) is 0 Å². The van der Waals surface area contributed by atoms with Gasteiger partial charge in [-0.2, -0.15) is 0 Å². The molecule has 0 spiro atoms. The first-order valence-corrected chi connectivity index (χ1v) is 10.8. The second-order valence-corrected chi connectivity index (χ2v) is 9.16. The number of ketones is 1. The minimum Gasteiger partial charge on any atom is -0.353 e. The minimum atomic E-state index is -3.64. The minimum absolute atomic E-state index is 0.0584. The van der Waals surface area contributed by atoms with Gasteiger partial charge in [0.1, 0.15) is 0 Å². The van der Waals surface area contributed by atoms with Crippen LogP contribution in [0, 0.1) is 5.92 Å². The monoisotopic (exact) mass is 395 g/mol. The molecule has 1 amide bonds. The van der Waals surface area contributed by atoms with Gasteiger partial charge < -0.3 is 11.1 Å². The Kier molecular flexibility index (Phi) is 7.52. The van der Waals surface area contributed by atoms with Crippen LogP contribution in [0.25, 0.3) is 0 Å². The lowest BCUT2D eigenvalue weighted by Crippen LogP contribution is -2.40. The lowest BCUT2D eigenvalue weighted by molar-refractivity contribution is -0.122. The summed E-state index contributed by atoms with van der Waals surface area (Å²) in [4.78, 5) is 23.6. The molecule has 0 radical (unpaired) electrons. The number of Topliss-reactive ketones (excluding diaryl/α,β-unsaturated/α-hetero) is 1. The molecule has 1 saturated carbocycles. The number of nitrogens with zero attached hydrogens (tertiary/aromatic N) is 1. The summed E-state index contributed by atoms with van der Waals surface area (Å²) >= 11 is 0. The molecular formula is C19H29N3O4S. The van der Waals surface area contributed by atoms with Crippen molar-refractivity contribution in [3.8, 4) is 0 Å². The second kappa shape index (κ2) is 9.43. The van der Waals surface area contributed by atoms with Gasteiger partial charge in [-0.1, -0.05) is 18.6 Å². The van der Waals surface area contributed by atoms with E-state index in [2.05, 4.69) is 5.32 Å². The van der Waals surface area contributed by atoms with E-state index in [4.69, 9.17) is 5.73 Å². The van der Waals surface area contributed by atoms with Crippen LogP contribution in [-0.4, -0.2) is 50.6 Å². The molecule has 2 unspecified atom stereocenters. The molecule has 27 heavy (non-hydrogen) atoms. The van der Waals surface area contributed by atoms with Crippen LogP contribution in [0.5, 0.6) is 0 Å². The summed E-state index contributed by atoms with van der Waals surface area (Å²) < 4.78 is 26.4. The quantitative estimate of drug-likeness (QED) is 0.616. The fraction of sp³-hybridized carbons (Fsp3) is 0.579. The van der Waals surface area contributed by atoms with Gasteiger partial charge in [-0.05, 0) is 50.8 Å². The molecule has 0 heterocycles. The summed E-state index contributed by atoms with van der Waals surface area (Å²) in [5.41, 5.74) is 6.19. The molecule has 3 N–H and O–H groups in total. The van der Waals surface area contributed by atoms with E-state index in [0.29, 0.717) is 24.4 Å². The topological polar surface area (TPSA) is 110 Å². The van der Waals surface area contributed by atoms with Crippen molar-refractivity contribution in [1.29, 1.82) is 0 Å². The molecule has 150 valence electrons. The number of nitrogens with two attached hydrogens (primary N) is 1. The average molecular weight is 396 g/mol. The predicted octanol–water partition coefficient (Wildman–Crippen LogP) is 1.53. The fourth-order valence-corrected chi connectivity index (χ4v) is 4.62. The van der Waals surface area contributed by atoms with E-state index < -0.39 is 10.0 Å². The average Bonchev–Trinajstić information content (AvgIpc) is 3.08. The lowest BCUT2D eigenvalue weighted by atomic mass is 10.0. The normalized spacial score (nSPS) is 20.0. The molecule has 0 aromatic heterocycles. The molecule has 2 rings (SSSR count). The number of benzene rings is 1. The Labute approximate surface area is 161 Å². The third-order valence-corrected chi connectivity index (χ3v) is 7.03. The van der Waals surface area contributed by atoms with Gasteiger partial charge in [0.2, 0.25) is 15.9 Å². The molecule has 0 saturated heterocycles. The van der Waals surface area contributed by atoms with Crippen molar-refractivity contribution in [3.63, 3.8) is 0 Å². The van der Waals surface area contributed by atoms with E-state index in [1.165, 1.54) is 42.5 Å². The number of carbonyl (C=O) groups excluding carboxylic acids is 2. The van der Waals surface area contributed by atoms with Crippen LogP contribution in [0.1, 0.15) is 49.4 Å². The molecule has 1 aromatic rings. The number of sulfonamides is 1. The van der Waals surface area contributed by atoms with Crippen LogP contribution in [0.4, 0.5) is 0 Å². The molecule has 2 atom stereocenters. The van der Waals surface area contributed by atoms with Gasteiger partial charge in [0.15, 0.2) is 5.78 Å².